The summed E-state index contributed by atoms with van der Waals surface area (Å²) in [5.74, 6) is 0.814. The number of benzene rings is 2. The molecule has 11 nitrogen and oxygen atoms in total. The molecule has 1 amide bonds. The molecule has 0 radical (unpaired) electrons. The number of carbonyl (C=O) groups is 1. The van der Waals surface area contributed by atoms with Gasteiger partial charge in [-0.2, -0.15) is 5.10 Å². The molecule has 0 saturated carbocycles. The van der Waals surface area contributed by atoms with E-state index in [-0.39, 0.29) is 11.0 Å². The van der Waals surface area contributed by atoms with E-state index in [1.54, 1.807) is 54.0 Å². The number of aryl methyl sites for hydroxylation is 2. The van der Waals surface area contributed by atoms with Gasteiger partial charge in [0.05, 0.1) is 17.6 Å². The first kappa shape index (κ1) is 34.0. The largest absolute Gasteiger partial charge is 0.444 e. The first-order chi connectivity index (χ1) is 24.3. The Kier molecular flexibility index (Phi) is 8.88. The van der Waals surface area contributed by atoms with Crippen molar-refractivity contribution >= 4 is 33.0 Å². The van der Waals surface area contributed by atoms with Crippen LogP contribution in [0.3, 0.4) is 0 Å². The van der Waals surface area contributed by atoms with Crippen LogP contribution in [-0.4, -0.2) is 74.9 Å². The molecule has 0 atom stereocenters. The molecule has 0 aliphatic carbocycles. The molecule has 0 spiro atoms. The summed E-state index contributed by atoms with van der Waals surface area (Å²) in [7, 11) is -3.95. The van der Waals surface area contributed by atoms with E-state index in [4.69, 9.17) is 14.7 Å². The van der Waals surface area contributed by atoms with Gasteiger partial charge in [0, 0.05) is 78.6 Å². The minimum atomic E-state index is -3.95. The maximum absolute atomic E-state index is 14.0. The van der Waals surface area contributed by atoms with E-state index in [1.807, 2.05) is 62.8 Å². The van der Waals surface area contributed by atoms with Crippen molar-refractivity contribution in [3.8, 4) is 22.3 Å². The summed E-state index contributed by atoms with van der Waals surface area (Å²) in [4.78, 5) is 26.1. The number of ether oxygens (including phenoxy) is 1. The second-order valence-corrected chi connectivity index (χ2v) is 15.8. The van der Waals surface area contributed by atoms with E-state index < -0.39 is 15.6 Å². The Morgan fingerprint density at radius 2 is 1.55 bits per heavy atom. The Morgan fingerprint density at radius 3 is 2.24 bits per heavy atom. The number of hydrogen-bond donors (Lipinski definition) is 0. The molecule has 1 aliphatic heterocycles. The number of amides is 1. The van der Waals surface area contributed by atoms with Gasteiger partial charge in [-0.3, -0.25) is 4.68 Å². The molecule has 5 heterocycles. The van der Waals surface area contributed by atoms with E-state index in [1.165, 1.54) is 9.54 Å². The zero-order chi connectivity index (χ0) is 35.9. The summed E-state index contributed by atoms with van der Waals surface area (Å²) in [5.41, 5.74) is 6.19. The molecule has 2 aromatic carbocycles. The van der Waals surface area contributed by atoms with E-state index in [2.05, 4.69) is 35.1 Å². The lowest BCUT2D eigenvalue weighted by atomic mass is 10.1. The maximum atomic E-state index is 14.0. The summed E-state index contributed by atoms with van der Waals surface area (Å²) in [6.45, 7) is 12.5. The van der Waals surface area contributed by atoms with Crippen LogP contribution >= 0.6 is 0 Å². The number of hydrogen-bond acceptors (Lipinski definition) is 8. The van der Waals surface area contributed by atoms with E-state index >= 15 is 0 Å². The number of carbonyl (C=O) groups excluding carboxylic acids is 1. The van der Waals surface area contributed by atoms with Crippen LogP contribution in [0.5, 0.6) is 0 Å². The molecule has 51 heavy (non-hydrogen) atoms. The van der Waals surface area contributed by atoms with Crippen LogP contribution in [0.2, 0.25) is 0 Å². The van der Waals surface area contributed by atoms with E-state index in [0.29, 0.717) is 49.3 Å². The number of piperazine rings is 1. The average molecular weight is 704 g/mol. The lowest BCUT2D eigenvalue weighted by Gasteiger charge is -2.36. The molecule has 1 saturated heterocycles. The van der Waals surface area contributed by atoms with Gasteiger partial charge in [-0.1, -0.05) is 47.5 Å². The van der Waals surface area contributed by atoms with Gasteiger partial charge in [0.25, 0.3) is 10.0 Å². The topological polar surface area (TPSA) is 115 Å². The van der Waals surface area contributed by atoms with Crippen molar-refractivity contribution in [3.63, 3.8) is 0 Å². The van der Waals surface area contributed by atoms with Crippen LogP contribution in [0, 0.1) is 13.8 Å². The molecular formula is C39H41N7O4S. The summed E-state index contributed by atoms with van der Waals surface area (Å²) < 4.78 is 36.7. The molecule has 1 aliphatic rings. The molecule has 262 valence electrons. The Balaban J connectivity index is 1.20. The first-order valence-corrected chi connectivity index (χ1v) is 18.4. The van der Waals surface area contributed by atoms with Gasteiger partial charge in [-0.05, 0) is 70.5 Å². The number of nitrogens with zero attached hydrogens (tertiary/aromatic N) is 7. The van der Waals surface area contributed by atoms with Crippen molar-refractivity contribution in [2.24, 2.45) is 0 Å². The van der Waals surface area contributed by atoms with Crippen LogP contribution in [0.4, 0.5) is 10.6 Å². The van der Waals surface area contributed by atoms with Crippen LogP contribution in [0.15, 0.2) is 103 Å². The van der Waals surface area contributed by atoms with Crippen molar-refractivity contribution in [2.45, 2.75) is 51.7 Å². The van der Waals surface area contributed by atoms with Crippen molar-refractivity contribution in [1.82, 2.24) is 28.6 Å². The zero-order valence-electron chi connectivity index (χ0n) is 29.4. The molecular weight excluding hydrogens is 663 g/mol. The smallest absolute Gasteiger partial charge is 0.410 e. The van der Waals surface area contributed by atoms with Crippen molar-refractivity contribution in [2.75, 3.05) is 31.1 Å². The normalized spacial score (nSPS) is 13.9. The Labute approximate surface area is 298 Å². The quantitative estimate of drug-likeness (QED) is 0.176. The van der Waals surface area contributed by atoms with Crippen LogP contribution < -0.4 is 4.90 Å². The summed E-state index contributed by atoms with van der Waals surface area (Å²) in [6, 6.07) is 21.0. The minimum absolute atomic E-state index is 0.185. The van der Waals surface area contributed by atoms with Gasteiger partial charge in [0.15, 0.2) is 5.65 Å². The molecule has 6 aromatic rings. The molecule has 0 bridgehead atoms. The second-order valence-electron chi connectivity index (χ2n) is 14.0. The van der Waals surface area contributed by atoms with Gasteiger partial charge >= 0.3 is 6.09 Å². The predicted octanol–water partition coefficient (Wildman–Crippen LogP) is 6.92. The average Bonchev–Trinajstić information content (AvgIpc) is 3.72. The highest BCUT2D eigenvalue weighted by atomic mass is 32.2. The third kappa shape index (κ3) is 7.23. The Hall–Kier alpha value is -5.49. The molecule has 4 aromatic heterocycles. The number of anilines is 1. The minimum Gasteiger partial charge on any atom is -0.444 e. The lowest BCUT2D eigenvalue weighted by molar-refractivity contribution is 0.0240. The van der Waals surface area contributed by atoms with Crippen LogP contribution in [0.25, 0.3) is 33.3 Å². The highest BCUT2D eigenvalue weighted by Gasteiger charge is 2.27. The fourth-order valence-electron chi connectivity index (χ4n) is 6.25. The van der Waals surface area contributed by atoms with Gasteiger partial charge in [-0.25, -0.2) is 27.2 Å². The molecule has 1 fully saturated rings. The maximum Gasteiger partial charge on any atom is 0.410 e. The van der Waals surface area contributed by atoms with Gasteiger partial charge in [0.1, 0.15) is 11.4 Å². The molecule has 12 heteroatoms. The number of aromatic nitrogens is 5. The third-order valence-corrected chi connectivity index (χ3v) is 10.6. The lowest BCUT2D eigenvalue weighted by Crippen LogP contribution is -2.50. The fraction of sp³-hybridized carbons (Fsp3) is 0.282. The summed E-state index contributed by atoms with van der Waals surface area (Å²) in [6.07, 6.45) is 8.53. The van der Waals surface area contributed by atoms with E-state index in [0.717, 1.165) is 33.6 Å². The first-order valence-electron chi connectivity index (χ1n) is 17.0. The monoisotopic (exact) mass is 703 g/mol. The molecule has 0 unspecified atom stereocenters. The number of fused-ring (bicyclic) bond motifs is 1. The SMILES string of the molecule is Cc1ccc(S(=O)(=O)n2cc(-c3cnn(Cc4cccc(C)c4)c3)c3cc(-c4ccc(N5CCN(C(=O)OC(C)(C)C)CC5)nc4)cnc32)cc1. The highest BCUT2D eigenvalue weighted by molar-refractivity contribution is 7.90. The molecule has 7 rings (SSSR count). The van der Waals surface area contributed by atoms with Crippen LogP contribution in [-0.2, 0) is 21.3 Å². The van der Waals surface area contributed by atoms with Crippen molar-refractivity contribution in [3.05, 3.63) is 114 Å². The zero-order valence-corrected chi connectivity index (χ0v) is 30.3. The predicted molar refractivity (Wildman–Crippen MR) is 198 cm³/mol. The Bertz CT molecular complexity index is 2310. The van der Waals surface area contributed by atoms with Gasteiger partial charge in [-0.15, -0.1) is 0 Å². The van der Waals surface area contributed by atoms with Crippen LogP contribution in [0.1, 0.15) is 37.5 Å². The third-order valence-electron chi connectivity index (χ3n) is 8.90. The molecule has 0 N–H and O–H groups in total. The summed E-state index contributed by atoms with van der Waals surface area (Å²) >= 11 is 0. The highest BCUT2D eigenvalue weighted by Crippen LogP contribution is 2.35. The standard InChI is InChI=1S/C39H41N7O4S/c1-27-9-12-33(13-10-27)51(48,49)46-26-35(32-23-42-45(25-32)24-29-8-6-7-28(2)19-29)34-20-31(22-41-37(34)46)30-11-14-36(40-21-30)43-15-17-44(18-16-43)38(47)50-39(3,4)5/h6-14,19-23,25-26H,15-18,24H2,1-5H3. The summed E-state index contributed by atoms with van der Waals surface area (Å²) in [5, 5.41) is 5.30. The van der Waals surface area contributed by atoms with Crippen molar-refractivity contribution in [1.29, 1.82) is 0 Å². The van der Waals surface area contributed by atoms with E-state index in [9.17, 15) is 13.2 Å². The van der Waals surface area contributed by atoms with Crippen molar-refractivity contribution < 1.29 is 17.9 Å². The number of rotatable bonds is 7. The fourth-order valence-corrected chi connectivity index (χ4v) is 7.57. The second kappa shape index (κ2) is 13.3. The van der Waals surface area contributed by atoms with Gasteiger partial charge in [0.2, 0.25) is 0 Å². The number of pyridine rings is 2. The van der Waals surface area contributed by atoms with Gasteiger partial charge < -0.3 is 14.5 Å². The Morgan fingerprint density at radius 1 is 0.804 bits per heavy atom.